The molecule has 0 fully saturated rings. The lowest BCUT2D eigenvalue weighted by Gasteiger charge is -2.07. The van der Waals surface area contributed by atoms with Gasteiger partial charge < -0.3 is 15.1 Å². The van der Waals surface area contributed by atoms with Crippen molar-refractivity contribution in [1.82, 2.24) is 20.1 Å². The molecule has 0 atom stereocenters. The van der Waals surface area contributed by atoms with Crippen LogP contribution < -0.4 is 10.6 Å². The maximum absolute atomic E-state index is 12.4. The summed E-state index contributed by atoms with van der Waals surface area (Å²) in [5.41, 5.74) is 2.77. The third-order valence-electron chi connectivity index (χ3n) is 4.35. The number of aryl methyl sites for hydroxylation is 1. The van der Waals surface area contributed by atoms with Crippen molar-refractivity contribution in [3.05, 3.63) is 70.9 Å². The van der Waals surface area contributed by atoms with Gasteiger partial charge in [0, 0.05) is 21.1 Å². The second-order valence-electron chi connectivity index (χ2n) is 6.31. The number of nitrogens with one attached hydrogen (secondary N) is 2. The van der Waals surface area contributed by atoms with E-state index in [-0.39, 0.29) is 18.2 Å². The fraction of sp³-hybridized carbons (Fsp3) is 0.100. The molecular formula is C20H16BrN5O3. The van der Waals surface area contributed by atoms with Gasteiger partial charge in [-0.3, -0.25) is 9.59 Å². The normalized spacial score (nSPS) is 10.8. The molecule has 0 aliphatic rings. The highest BCUT2D eigenvalue weighted by molar-refractivity contribution is 9.10. The van der Waals surface area contributed by atoms with Gasteiger partial charge in [0.05, 0.1) is 12.2 Å². The molecule has 0 radical (unpaired) electrons. The topological polar surface area (TPSA) is 102 Å². The minimum absolute atomic E-state index is 0.177. The van der Waals surface area contributed by atoms with Gasteiger partial charge in [0.1, 0.15) is 18.2 Å². The van der Waals surface area contributed by atoms with Crippen LogP contribution in [-0.4, -0.2) is 33.1 Å². The van der Waals surface area contributed by atoms with Crippen LogP contribution in [0.15, 0.2) is 64.0 Å². The first-order valence-corrected chi connectivity index (χ1v) is 9.52. The van der Waals surface area contributed by atoms with Crippen LogP contribution in [0.3, 0.4) is 0 Å². The molecule has 146 valence electrons. The zero-order valence-corrected chi connectivity index (χ0v) is 16.9. The maximum Gasteiger partial charge on any atom is 0.287 e. The number of rotatable bonds is 5. The standard InChI is InChI=1S/C20H16BrN5O3/c1-12-16-8-13(21)2-7-17(16)29-19(12)20(28)23-9-18(27)25-14-3-5-15(6-4-14)26-11-22-10-24-26/h2-8,10-11H,9H2,1H3,(H,23,28)(H,25,27). The van der Waals surface area contributed by atoms with Gasteiger partial charge in [-0.15, -0.1) is 0 Å². The minimum atomic E-state index is -0.438. The molecule has 2 aromatic heterocycles. The van der Waals surface area contributed by atoms with Crippen molar-refractivity contribution in [3.63, 3.8) is 0 Å². The van der Waals surface area contributed by atoms with Gasteiger partial charge in [0.15, 0.2) is 5.76 Å². The predicted octanol–water partition coefficient (Wildman–Crippen LogP) is 3.45. The van der Waals surface area contributed by atoms with Crippen molar-refractivity contribution in [2.45, 2.75) is 6.92 Å². The van der Waals surface area contributed by atoms with Gasteiger partial charge in [-0.1, -0.05) is 15.9 Å². The fourth-order valence-electron chi connectivity index (χ4n) is 2.89. The highest BCUT2D eigenvalue weighted by Gasteiger charge is 2.18. The van der Waals surface area contributed by atoms with Crippen LogP contribution >= 0.6 is 15.9 Å². The molecule has 9 heteroatoms. The third kappa shape index (κ3) is 4.04. The molecular weight excluding hydrogens is 438 g/mol. The largest absolute Gasteiger partial charge is 0.451 e. The number of halogens is 1. The Kier molecular flexibility index (Phi) is 5.13. The van der Waals surface area contributed by atoms with Gasteiger partial charge in [-0.25, -0.2) is 9.67 Å². The second-order valence-corrected chi connectivity index (χ2v) is 7.23. The SMILES string of the molecule is Cc1c(C(=O)NCC(=O)Nc2ccc(-n3cncn3)cc2)oc2ccc(Br)cc12. The lowest BCUT2D eigenvalue weighted by molar-refractivity contribution is -0.115. The molecule has 0 bridgehead atoms. The van der Waals surface area contributed by atoms with E-state index >= 15 is 0 Å². The number of aromatic nitrogens is 3. The van der Waals surface area contributed by atoms with Crippen LogP contribution in [-0.2, 0) is 4.79 Å². The zero-order valence-electron chi connectivity index (χ0n) is 15.3. The molecule has 2 aromatic carbocycles. The summed E-state index contributed by atoms with van der Waals surface area (Å²) in [6, 6.07) is 12.6. The lowest BCUT2D eigenvalue weighted by Crippen LogP contribution is -2.32. The molecule has 4 aromatic rings. The number of hydrogen-bond acceptors (Lipinski definition) is 5. The molecule has 2 N–H and O–H groups in total. The van der Waals surface area contributed by atoms with Crippen molar-refractivity contribution in [3.8, 4) is 5.69 Å². The summed E-state index contributed by atoms with van der Waals surface area (Å²) in [5, 5.41) is 10.2. The maximum atomic E-state index is 12.4. The number of amides is 2. The van der Waals surface area contributed by atoms with E-state index in [4.69, 9.17) is 4.42 Å². The Morgan fingerprint density at radius 2 is 1.97 bits per heavy atom. The van der Waals surface area contributed by atoms with Crippen molar-refractivity contribution in [2.24, 2.45) is 0 Å². The Hall–Kier alpha value is -3.46. The lowest BCUT2D eigenvalue weighted by atomic mass is 10.1. The Balaban J connectivity index is 1.37. The van der Waals surface area contributed by atoms with Gasteiger partial charge in [0.25, 0.3) is 5.91 Å². The smallest absolute Gasteiger partial charge is 0.287 e. The Morgan fingerprint density at radius 1 is 1.17 bits per heavy atom. The Morgan fingerprint density at radius 3 is 2.69 bits per heavy atom. The zero-order chi connectivity index (χ0) is 20.4. The van der Waals surface area contributed by atoms with Crippen molar-refractivity contribution < 1.29 is 14.0 Å². The average Bonchev–Trinajstić information content (AvgIpc) is 3.36. The van der Waals surface area contributed by atoms with Crippen LogP contribution in [0.2, 0.25) is 0 Å². The van der Waals surface area contributed by atoms with Gasteiger partial charge in [-0.05, 0) is 49.4 Å². The van der Waals surface area contributed by atoms with Gasteiger partial charge >= 0.3 is 0 Å². The number of nitrogens with zero attached hydrogens (tertiary/aromatic N) is 3. The number of hydrogen-bond donors (Lipinski definition) is 2. The van der Waals surface area contributed by atoms with Crippen LogP contribution in [0.1, 0.15) is 16.1 Å². The van der Waals surface area contributed by atoms with Crippen LogP contribution in [0.25, 0.3) is 16.7 Å². The van der Waals surface area contributed by atoms with E-state index in [1.54, 1.807) is 41.3 Å². The molecule has 0 aliphatic carbocycles. The monoisotopic (exact) mass is 453 g/mol. The summed E-state index contributed by atoms with van der Waals surface area (Å²) < 4.78 is 8.15. The highest BCUT2D eigenvalue weighted by atomic mass is 79.9. The molecule has 0 spiro atoms. The third-order valence-corrected chi connectivity index (χ3v) is 4.84. The fourth-order valence-corrected chi connectivity index (χ4v) is 3.26. The summed E-state index contributed by atoms with van der Waals surface area (Å²) in [4.78, 5) is 28.5. The average molecular weight is 454 g/mol. The predicted molar refractivity (Wildman–Crippen MR) is 111 cm³/mol. The molecule has 0 aliphatic heterocycles. The van der Waals surface area contributed by atoms with E-state index in [0.717, 1.165) is 21.1 Å². The summed E-state index contributed by atoms with van der Waals surface area (Å²) in [6.07, 6.45) is 3.03. The Bertz CT molecular complexity index is 1180. The van der Waals surface area contributed by atoms with E-state index in [1.165, 1.54) is 6.33 Å². The van der Waals surface area contributed by atoms with Crippen molar-refractivity contribution in [1.29, 1.82) is 0 Å². The first-order valence-electron chi connectivity index (χ1n) is 8.73. The number of benzene rings is 2. The summed E-state index contributed by atoms with van der Waals surface area (Å²) in [6.45, 7) is 1.63. The Labute approximate surface area is 174 Å². The second kappa shape index (κ2) is 7.88. The molecule has 2 amide bonds. The molecule has 29 heavy (non-hydrogen) atoms. The number of furan rings is 1. The van der Waals surface area contributed by atoms with Crippen LogP contribution in [0, 0.1) is 6.92 Å². The molecule has 0 unspecified atom stereocenters. The van der Waals surface area contributed by atoms with E-state index in [9.17, 15) is 9.59 Å². The van der Waals surface area contributed by atoms with Crippen LogP contribution in [0.4, 0.5) is 5.69 Å². The minimum Gasteiger partial charge on any atom is -0.451 e. The first-order chi connectivity index (χ1) is 14.0. The van der Waals surface area contributed by atoms with Crippen LogP contribution in [0.5, 0.6) is 0 Å². The van der Waals surface area contributed by atoms with E-state index in [0.29, 0.717) is 11.3 Å². The van der Waals surface area contributed by atoms with E-state index < -0.39 is 5.91 Å². The summed E-state index contributed by atoms with van der Waals surface area (Å²) in [7, 11) is 0. The van der Waals surface area contributed by atoms with Gasteiger partial charge in [0.2, 0.25) is 5.91 Å². The summed E-state index contributed by atoms with van der Waals surface area (Å²) >= 11 is 3.41. The molecule has 0 saturated carbocycles. The molecule has 0 saturated heterocycles. The first kappa shape index (κ1) is 18.9. The quantitative estimate of drug-likeness (QED) is 0.481. The molecule has 4 rings (SSSR count). The molecule has 8 nitrogen and oxygen atoms in total. The number of anilines is 1. The number of fused-ring (bicyclic) bond motifs is 1. The highest BCUT2D eigenvalue weighted by Crippen LogP contribution is 2.27. The number of carbonyl (C=O) groups excluding carboxylic acids is 2. The van der Waals surface area contributed by atoms with E-state index in [2.05, 4.69) is 36.6 Å². The van der Waals surface area contributed by atoms with Gasteiger partial charge in [-0.2, -0.15) is 5.10 Å². The molecule has 2 heterocycles. The van der Waals surface area contributed by atoms with Crippen molar-refractivity contribution in [2.75, 3.05) is 11.9 Å². The van der Waals surface area contributed by atoms with Crippen molar-refractivity contribution >= 4 is 44.4 Å². The van der Waals surface area contributed by atoms with E-state index in [1.807, 2.05) is 19.1 Å². The number of carbonyl (C=O) groups is 2. The summed E-state index contributed by atoms with van der Waals surface area (Å²) in [5.74, 6) is -0.585.